The summed E-state index contributed by atoms with van der Waals surface area (Å²) in [5.41, 5.74) is -0.230. The van der Waals surface area contributed by atoms with Gasteiger partial charge in [0.25, 0.3) is 11.5 Å². The van der Waals surface area contributed by atoms with Gasteiger partial charge in [-0.3, -0.25) is 9.59 Å². The highest BCUT2D eigenvalue weighted by Gasteiger charge is 2.28. The van der Waals surface area contributed by atoms with E-state index in [1.54, 1.807) is 19.4 Å². The van der Waals surface area contributed by atoms with Gasteiger partial charge < -0.3 is 14.5 Å². The summed E-state index contributed by atoms with van der Waals surface area (Å²) in [4.78, 5) is 37.3. The first-order chi connectivity index (χ1) is 11.1. The van der Waals surface area contributed by atoms with E-state index >= 15 is 0 Å². The van der Waals surface area contributed by atoms with Crippen LogP contribution in [0.2, 0.25) is 0 Å². The Hall–Kier alpha value is -2.44. The number of piperidine rings is 1. The number of H-pyrrole nitrogens is 1. The van der Waals surface area contributed by atoms with E-state index in [9.17, 15) is 9.59 Å². The summed E-state index contributed by atoms with van der Waals surface area (Å²) in [5.74, 6) is 0.302. The van der Waals surface area contributed by atoms with Crippen molar-refractivity contribution in [2.75, 3.05) is 6.54 Å². The number of nitrogens with zero attached hydrogens (tertiary/aromatic N) is 4. The highest BCUT2D eigenvalue weighted by Crippen LogP contribution is 2.21. The first-order valence-corrected chi connectivity index (χ1v) is 7.98. The molecule has 1 N–H and O–H groups in total. The zero-order valence-electron chi connectivity index (χ0n) is 13.2. The lowest BCUT2D eigenvalue weighted by Crippen LogP contribution is -2.45. The third-order valence-electron chi connectivity index (χ3n) is 4.32. The Morgan fingerprint density at radius 1 is 1.43 bits per heavy atom. The second kappa shape index (κ2) is 6.76. The lowest BCUT2D eigenvalue weighted by atomic mass is 9.98. The van der Waals surface area contributed by atoms with Crippen molar-refractivity contribution in [1.29, 1.82) is 0 Å². The first-order valence-electron chi connectivity index (χ1n) is 7.98. The van der Waals surface area contributed by atoms with Gasteiger partial charge in [-0.05, 0) is 32.6 Å². The van der Waals surface area contributed by atoms with Crippen LogP contribution in [-0.2, 0) is 6.54 Å². The summed E-state index contributed by atoms with van der Waals surface area (Å²) in [6.45, 7) is 3.21. The number of aromatic nitrogens is 4. The minimum atomic E-state index is -0.360. The van der Waals surface area contributed by atoms with Crippen molar-refractivity contribution in [2.45, 2.75) is 45.2 Å². The van der Waals surface area contributed by atoms with Crippen molar-refractivity contribution in [3.05, 3.63) is 46.7 Å². The molecule has 7 heteroatoms. The van der Waals surface area contributed by atoms with E-state index in [2.05, 4.69) is 15.0 Å². The number of amides is 1. The molecule has 0 spiro atoms. The number of hydrogen-bond donors (Lipinski definition) is 1. The van der Waals surface area contributed by atoms with Gasteiger partial charge in [0.05, 0.1) is 6.33 Å². The van der Waals surface area contributed by atoms with Crippen molar-refractivity contribution < 1.29 is 4.79 Å². The Morgan fingerprint density at radius 3 is 3.04 bits per heavy atom. The van der Waals surface area contributed by atoms with Crippen molar-refractivity contribution in [3.63, 3.8) is 0 Å². The normalized spacial score (nSPS) is 18.1. The molecule has 0 saturated carbocycles. The zero-order chi connectivity index (χ0) is 16.2. The molecular formula is C16H21N5O2. The minimum Gasteiger partial charge on any atom is -0.337 e. The molecule has 1 amide bonds. The number of likely N-dealkylation sites (tertiary alicyclic amines) is 1. The lowest BCUT2D eigenvalue weighted by molar-refractivity contribution is 0.0593. The molecular weight excluding hydrogens is 294 g/mol. The average molecular weight is 315 g/mol. The van der Waals surface area contributed by atoms with Crippen LogP contribution in [0, 0.1) is 6.92 Å². The number of carbonyl (C=O) groups excluding carboxylic acids is 1. The quantitative estimate of drug-likeness (QED) is 0.923. The molecule has 2 aromatic rings. The van der Waals surface area contributed by atoms with Gasteiger partial charge in [0, 0.05) is 37.7 Å². The molecule has 0 radical (unpaired) electrons. The molecule has 2 aromatic heterocycles. The van der Waals surface area contributed by atoms with Crippen molar-refractivity contribution in [1.82, 2.24) is 24.4 Å². The zero-order valence-corrected chi connectivity index (χ0v) is 13.2. The smallest absolute Gasteiger partial charge is 0.263 e. The summed E-state index contributed by atoms with van der Waals surface area (Å²) in [5, 5.41) is 0. The molecule has 1 fully saturated rings. The Labute approximate surface area is 134 Å². The monoisotopic (exact) mass is 315 g/mol. The fourth-order valence-corrected chi connectivity index (χ4v) is 3.08. The van der Waals surface area contributed by atoms with E-state index in [0.29, 0.717) is 12.4 Å². The van der Waals surface area contributed by atoms with E-state index in [4.69, 9.17) is 0 Å². The van der Waals surface area contributed by atoms with Gasteiger partial charge in [-0.2, -0.15) is 0 Å². The molecule has 23 heavy (non-hydrogen) atoms. The summed E-state index contributed by atoms with van der Waals surface area (Å²) in [6.07, 6.45) is 10.8. The fraction of sp³-hybridized carbons (Fsp3) is 0.500. The molecule has 3 rings (SSSR count). The Kier molecular flexibility index (Phi) is 4.55. The standard InChI is InChI=1S/C16H21N5O2/c1-12-18-10-14(15(22)19-12)16(23)21-7-3-2-4-13(21)5-8-20-9-6-17-11-20/h6,9-11,13H,2-5,7-8H2,1H3,(H,18,19,22)/t13-/m0/s1. The summed E-state index contributed by atoms with van der Waals surface area (Å²) in [7, 11) is 0. The average Bonchev–Trinajstić information content (AvgIpc) is 3.06. The van der Waals surface area contributed by atoms with Crippen LogP contribution in [-0.4, -0.2) is 42.9 Å². The molecule has 0 aliphatic carbocycles. The van der Waals surface area contributed by atoms with Crippen LogP contribution in [0.5, 0.6) is 0 Å². The van der Waals surface area contributed by atoms with Crippen molar-refractivity contribution >= 4 is 5.91 Å². The van der Waals surface area contributed by atoms with Crippen LogP contribution in [0.25, 0.3) is 0 Å². The Morgan fingerprint density at radius 2 is 2.30 bits per heavy atom. The summed E-state index contributed by atoms with van der Waals surface area (Å²) in [6, 6.07) is 0.152. The predicted octanol–water partition coefficient (Wildman–Crippen LogP) is 1.36. The highest BCUT2D eigenvalue weighted by molar-refractivity contribution is 5.93. The Balaban J connectivity index is 1.74. The van der Waals surface area contributed by atoms with Gasteiger partial charge in [0.1, 0.15) is 11.4 Å². The van der Waals surface area contributed by atoms with Gasteiger partial charge in [-0.1, -0.05) is 0 Å². The number of nitrogens with one attached hydrogen (secondary N) is 1. The second-order valence-corrected chi connectivity index (χ2v) is 5.95. The maximum absolute atomic E-state index is 12.8. The highest BCUT2D eigenvalue weighted by atomic mass is 16.2. The summed E-state index contributed by atoms with van der Waals surface area (Å²) < 4.78 is 2.01. The Bertz CT molecular complexity index is 722. The van der Waals surface area contributed by atoms with E-state index in [-0.39, 0.29) is 23.1 Å². The number of imidazole rings is 1. The van der Waals surface area contributed by atoms with E-state index in [0.717, 1.165) is 32.2 Å². The van der Waals surface area contributed by atoms with E-state index in [1.807, 2.05) is 15.7 Å². The molecule has 122 valence electrons. The molecule has 1 aliphatic heterocycles. The second-order valence-electron chi connectivity index (χ2n) is 5.95. The van der Waals surface area contributed by atoms with Crippen LogP contribution in [0.15, 0.2) is 29.7 Å². The minimum absolute atomic E-state index is 0.130. The number of carbonyl (C=O) groups is 1. The fourth-order valence-electron chi connectivity index (χ4n) is 3.08. The van der Waals surface area contributed by atoms with Crippen LogP contribution < -0.4 is 5.56 Å². The van der Waals surface area contributed by atoms with Crippen LogP contribution in [0.4, 0.5) is 0 Å². The molecule has 0 bridgehead atoms. The largest absolute Gasteiger partial charge is 0.337 e. The molecule has 1 saturated heterocycles. The SMILES string of the molecule is Cc1ncc(C(=O)N2CCCC[C@H]2CCn2ccnc2)c(=O)[nH]1. The number of aryl methyl sites for hydroxylation is 2. The summed E-state index contributed by atoms with van der Waals surface area (Å²) >= 11 is 0. The number of hydrogen-bond acceptors (Lipinski definition) is 4. The molecule has 3 heterocycles. The van der Waals surface area contributed by atoms with Gasteiger partial charge in [0.15, 0.2) is 0 Å². The maximum Gasteiger partial charge on any atom is 0.263 e. The van der Waals surface area contributed by atoms with Gasteiger partial charge in [-0.15, -0.1) is 0 Å². The van der Waals surface area contributed by atoms with Crippen molar-refractivity contribution in [2.24, 2.45) is 0 Å². The molecule has 1 aliphatic rings. The number of rotatable bonds is 4. The van der Waals surface area contributed by atoms with Crippen LogP contribution in [0.1, 0.15) is 41.9 Å². The van der Waals surface area contributed by atoms with Gasteiger partial charge in [0.2, 0.25) is 0 Å². The number of aromatic amines is 1. The third kappa shape index (κ3) is 3.49. The molecule has 7 nitrogen and oxygen atoms in total. The van der Waals surface area contributed by atoms with Crippen LogP contribution >= 0.6 is 0 Å². The van der Waals surface area contributed by atoms with Crippen LogP contribution in [0.3, 0.4) is 0 Å². The van der Waals surface area contributed by atoms with Crippen molar-refractivity contribution in [3.8, 4) is 0 Å². The van der Waals surface area contributed by atoms with E-state index < -0.39 is 0 Å². The topological polar surface area (TPSA) is 83.9 Å². The maximum atomic E-state index is 12.8. The molecule has 0 unspecified atom stereocenters. The van der Waals surface area contributed by atoms with E-state index in [1.165, 1.54) is 6.20 Å². The van der Waals surface area contributed by atoms with Gasteiger partial charge >= 0.3 is 0 Å². The molecule has 0 aromatic carbocycles. The van der Waals surface area contributed by atoms with Gasteiger partial charge in [-0.25, -0.2) is 9.97 Å². The third-order valence-corrected chi connectivity index (χ3v) is 4.32. The lowest BCUT2D eigenvalue weighted by Gasteiger charge is -2.35. The first kappa shape index (κ1) is 15.5. The molecule has 1 atom stereocenters. The predicted molar refractivity (Wildman–Crippen MR) is 85.1 cm³/mol.